The Labute approximate surface area is 114 Å². The number of rotatable bonds is 2. The molecule has 2 aromatic rings. The van der Waals surface area contributed by atoms with Crippen molar-refractivity contribution >= 4 is 11.5 Å². The highest BCUT2D eigenvalue weighted by molar-refractivity contribution is 5.57. The van der Waals surface area contributed by atoms with E-state index < -0.39 is 0 Å². The van der Waals surface area contributed by atoms with E-state index in [0.717, 1.165) is 13.1 Å². The number of aryl methyl sites for hydroxylation is 2. The lowest BCUT2D eigenvalue weighted by atomic mass is 9.99. The van der Waals surface area contributed by atoms with Crippen LogP contribution in [0.4, 0.5) is 11.5 Å². The molecule has 1 aromatic heterocycles. The molecule has 0 saturated carbocycles. The summed E-state index contributed by atoms with van der Waals surface area (Å²) in [5, 5.41) is 0. The number of fused-ring (bicyclic) bond motifs is 1. The van der Waals surface area contributed by atoms with E-state index in [9.17, 15) is 0 Å². The van der Waals surface area contributed by atoms with Crippen LogP contribution in [-0.2, 0) is 13.0 Å². The highest BCUT2D eigenvalue weighted by Crippen LogP contribution is 2.29. The summed E-state index contributed by atoms with van der Waals surface area (Å²) in [5.74, 6) is 0.596. The van der Waals surface area contributed by atoms with Gasteiger partial charge in [-0.3, -0.25) is 0 Å². The lowest BCUT2D eigenvalue weighted by molar-refractivity contribution is 0.690. The summed E-state index contributed by atoms with van der Waals surface area (Å²) in [5.41, 5.74) is 11.1. The number of anilines is 2. The molecule has 2 N–H and O–H groups in total. The zero-order chi connectivity index (χ0) is 13.2. The van der Waals surface area contributed by atoms with Gasteiger partial charge in [-0.2, -0.15) is 0 Å². The van der Waals surface area contributed by atoms with Gasteiger partial charge in [-0.1, -0.05) is 17.7 Å². The van der Waals surface area contributed by atoms with Crippen LogP contribution in [0.2, 0.25) is 0 Å². The van der Waals surface area contributed by atoms with Crippen molar-refractivity contribution in [2.75, 3.05) is 17.2 Å². The molecule has 1 aromatic carbocycles. The predicted octanol–water partition coefficient (Wildman–Crippen LogP) is 2.93. The molecule has 98 valence electrons. The van der Waals surface area contributed by atoms with Crippen molar-refractivity contribution in [3.8, 4) is 0 Å². The highest BCUT2D eigenvalue weighted by Gasteiger charge is 2.16. The van der Waals surface area contributed by atoms with E-state index in [1.54, 1.807) is 6.20 Å². The first-order valence-corrected chi connectivity index (χ1v) is 6.77. The molecule has 1 aliphatic heterocycles. The van der Waals surface area contributed by atoms with E-state index in [-0.39, 0.29) is 0 Å². The topological polar surface area (TPSA) is 42.2 Å². The molecule has 19 heavy (non-hydrogen) atoms. The second kappa shape index (κ2) is 4.92. The third kappa shape index (κ3) is 2.55. The lowest BCUT2D eigenvalue weighted by Gasteiger charge is -2.31. The smallest absolute Gasteiger partial charge is 0.123 e. The van der Waals surface area contributed by atoms with Gasteiger partial charge in [0.05, 0.1) is 0 Å². The summed E-state index contributed by atoms with van der Waals surface area (Å²) in [6, 6.07) is 10.7. The number of nitrogens with zero attached hydrogens (tertiary/aromatic N) is 2. The Bertz CT molecular complexity index is 592. The van der Waals surface area contributed by atoms with Crippen molar-refractivity contribution < 1.29 is 0 Å². The van der Waals surface area contributed by atoms with E-state index in [1.165, 1.54) is 35.2 Å². The standard InChI is InChI=1S/C16H19N3/c1-12-4-5-15-14(9-12)3-2-8-19(15)11-13-6-7-18-16(17)10-13/h4-7,9-10H,2-3,8,11H2,1H3,(H2,17,18). The van der Waals surface area contributed by atoms with Gasteiger partial charge in [0, 0.05) is 25.0 Å². The first-order chi connectivity index (χ1) is 9.22. The maximum atomic E-state index is 5.75. The van der Waals surface area contributed by atoms with Crippen LogP contribution in [0.5, 0.6) is 0 Å². The van der Waals surface area contributed by atoms with Gasteiger partial charge < -0.3 is 10.6 Å². The average Bonchev–Trinajstić information content (AvgIpc) is 2.38. The van der Waals surface area contributed by atoms with Gasteiger partial charge in [0.25, 0.3) is 0 Å². The fourth-order valence-electron chi connectivity index (χ4n) is 2.78. The van der Waals surface area contributed by atoms with Gasteiger partial charge in [-0.15, -0.1) is 0 Å². The zero-order valence-corrected chi connectivity index (χ0v) is 11.3. The number of hydrogen-bond acceptors (Lipinski definition) is 3. The van der Waals surface area contributed by atoms with Gasteiger partial charge in [0.15, 0.2) is 0 Å². The molecule has 0 unspecified atom stereocenters. The third-order valence-corrected chi connectivity index (χ3v) is 3.67. The number of nitrogens with two attached hydrogens (primary N) is 1. The molecule has 0 aliphatic carbocycles. The van der Waals surface area contributed by atoms with Crippen LogP contribution in [0.1, 0.15) is 23.1 Å². The maximum absolute atomic E-state index is 5.75. The van der Waals surface area contributed by atoms with E-state index in [0.29, 0.717) is 5.82 Å². The van der Waals surface area contributed by atoms with Crippen LogP contribution in [0.15, 0.2) is 36.5 Å². The van der Waals surface area contributed by atoms with Crippen molar-refractivity contribution in [3.63, 3.8) is 0 Å². The predicted molar refractivity (Wildman–Crippen MR) is 79.2 cm³/mol. The molecule has 1 aliphatic rings. The van der Waals surface area contributed by atoms with Crippen LogP contribution in [0, 0.1) is 6.92 Å². The van der Waals surface area contributed by atoms with Gasteiger partial charge in [0.1, 0.15) is 5.82 Å². The Morgan fingerprint density at radius 1 is 1.26 bits per heavy atom. The molecule has 0 fully saturated rings. The highest BCUT2D eigenvalue weighted by atomic mass is 15.1. The Balaban J connectivity index is 1.87. The molecular weight excluding hydrogens is 234 g/mol. The minimum atomic E-state index is 0.596. The average molecular weight is 253 g/mol. The van der Waals surface area contributed by atoms with E-state index in [1.807, 2.05) is 12.1 Å². The van der Waals surface area contributed by atoms with Crippen LogP contribution < -0.4 is 10.6 Å². The summed E-state index contributed by atoms with van der Waals surface area (Å²) >= 11 is 0. The SMILES string of the molecule is Cc1ccc2c(c1)CCCN2Cc1ccnc(N)c1. The molecule has 2 heterocycles. The second-order valence-electron chi connectivity index (χ2n) is 5.25. The van der Waals surface area contributed by atoms with Crippen molar-refractivity contribution in [3.05, 3.63) is 53.2 Å². The van der Waals surface area contributed by atoms with Crippen LogP contribution in [0.3, 0.4) is 0 Å². The molecule has 3 nitrogen and oxygen atoms in total. The van der Waals surface area contributed by atoms with E-state index in [4.69, 9.17) is 5.73 Å². The molecule has 0 amide bonds. The van der Waals surface area contributed by atoms with Crippen LogP contribution in [0.25, 0.3) is 0 Å². The minimum absolute atomic E-state index is 0.596. The molecule has 0 atom stereocenters. The van der Waals surface area contributed by atoms with Gasteiger partial charge in [-0.05, 0) is 49.1 Å². The van der Waals surface area contributed by atoms with Gasteiger partial charge >= 0.3 is 0 Å². The van der Waals surface area contributed by atoms with Crippen LogP contribution in [-0.4, -0.2) is 11.5 Å². The number of pyridine rings is 1. The normalized spacial score (nSPS) is 14.3. The Morgan fingerprint density at radius 3 is 3.00 bits per heavy atom. The molecule has 0 radical (unpaired) electrons. The molecule has 3 rings (SSSR count). The fraction of sp³-hybridized carbons (Fsp3) is 0.312. The molecular formula is C16H19N3. The van der Waals surface area contributed by atoms with Crippen molar-refractivity contribution in [1.29, 1.82) is 0 Å². The van der Waals surface area contributed by atoms with Crippen molar-refractivity contribution in [1.82, 2.24) is 4.98 Å². The second-order valence-corrected chi connectivity index (χ2v) is 5.25. The zero-order valence-electron chi connectivity index (χ0n) is 11.3. The maximum Gasteiger partial charge on any atom is 0.123 e. The van der Waals surface area contributed by atoms with E-state index in [2.05, 4.69) is 35.0 Å². The minimum Gasteiger partial charge on any atom is -0.384 e. The number of aromatic nitrogens is 1. The summed E-state index contributed by atoms with van der Waals surface area (Å²) in [6.07, 6.45) is 4.19. The van der Waals surface area contributed by atoms with Crippen molar-refractivity contribution in [2.24, 2.45) is 0 Å². The monoisotopic (exact) mass is 253 g/mol. The summed E-state index contributed by atoms with van der Waals surface area (Å²) < 4.78 is 0. The summed E-state index contributed by atoms with van der Waals surface area (Å²) in [6.45, 7) is 4.17. The first kappa shape index (κ1) is 12.0. The first-order valence-electron chi connectivity index (χ1n) is 6.77. The summed E-state index contributed by atoms with van der Waals surface area (Å²) in [4.78, 5) is 6.49. The Kier molecular flexibility index (Phi) is 3.11. The quantitative estimate of drug-likeness (QED) is 0.894. The molecule has 3 heteroatoms. The Morgan fingerprint density at radius 2 is 2.16 bits per heavy atom. The number of nitrogen functional groups attached to an aromatic ring is 1. The lowest BCUT2D eigenvalue weighted by Crippen LogP contribution is -2.28. The van der Waals surface area contributed by atoms with E-state index >= 15 is 0 Å². The number of benzene rings is 1. The number of hydrogen-bond donors (Lipinski definition) is 1. The van der Waals surface area contributed by atoms with Gasteiger partial charge in [-0.25, -0.2) is 4.98 Å². The van der Waals surface area contributed by atoms with Crippen LogP contribution >= 0.6 is 0 Å². The molecule has 0 bridgehead atoms. The molecule has 0 spiro atoms. The largest absolute Gasteiger partial charge is 0.384 e. The fourth-order valence-corrected chi connectivity index (χ4v) is 2.78. The molecule has 0 saturated heterocycles. The summed E-state index contributed by atoms with van der Waals surface area (Å²) in [7, 11) is 0. The van der Waals surface area contributed by atoms with Crippen molar-refractivity contribution in [2.45, 2.75) is 26.3 Å². The van der Waals surface area contributed by atoms with Gasteiger partial charge in [0.2, 0.25) is 0 Å². The third-order valence-electron chi connectivity index (χ3n) is 3.67. The Hall–Kier alpha value is -2.03.